The van der Waals surface area contributed by atoms with Crippen molar-refractivity contribution in [3.63, 3.8) is 0 Å². The number of aliphatic hydroxyl groups excluding tert-OH is 1. The molecule has 0 amide bonds. The first-order valence-corrected chi connectivity index (χ1v) is 6.09. The lowest BCUT2D eigenvalue weighted by molar-refractivity contribution is 0.285. The quantitative estimate of drug-likeness (QED) is 0.757. The largest absolute Gasteiger partial charge is 0.396 e. The molecule has 1 N–H and O–H groups in total. The summed E-state index contributed by atoms with van der Waals surface area (Å²) in [7, 11) is 0. The topological polar surface area (TPSA) is 60.2 Å². The van der Waals surface area contributed by atoms with Gasteiger partial charge >= 0.3 is 0 Å². The van der Waals surface area contributed by atoms with Gasteiger partial charge in [-0.05, 0) is 37.8 Å². The molecule has 0 atom stereocenters. The first kappa shape index (κ1) is 11.9. The highest BCUT2D eigenvalue weighted by Crippen LogP contribution is 2.32. The van der Waals surface area contributed by atoms with Crippen LogP contribution in [0, 0.1) is 11.3 Å². The summed E-state index contributed by atoms with van der Waals surface area (Å²) in [4.78, 5) is 6.55. The molecule has 1 aromatic heterocycles. The molecule has 1 fully saturated rings. The van der Waals surface area contributed by atoms with Crippen LogP contribution in [0.5, 0.6) is 0 Å². The number of anilines is 1. The van der Waals surface area contributed by atoms with Crippen LogP contribution in [0.3, 0.4) is 0 Å². The highest BCUT2D eigenvalue weighted by atomic mass is 16.2. The van der Waals surface area contributed by atoms with E-state index in [9.17, 15) is 0 Å². The minimum absolute atomic E-state index is 0.228. The summed E-state index contributed by atoms with van der Waals surface area (Å²) in [6.07, 6.45) is 5.84. The van der Waals surface area contributed by atoms with Gasteiger partial charge in [0.1, 0.15) is 11.9 Å². The Morgan fingerprint density at radius 3 is 2.94 bits per heavy atom. The second-order valence-electron chi connectivity index (χ2n) is 4.34. The minimum atomic E-state index is 0.228. The Balaban J connectivity index is 2.12. The maximum absolute atomic E-state index is 9.08. The van der Waals surface area contributed by atoms with Gasteiger partial charge in [-0.3, -0.25) is 0 Å². The summed E-state index contributed by atoms with van der Waals surface area (Å²) >= 11 is 0. The number of nitrogens with zero attached hydrogens (tertiary/aromatic N) is 3. The fourth-order valence-electron chi connectivity index (χ4n) is 1.95. The zero-order valence-electron chi connectivity index (χ0n) is 9.84. The van der Waals surface area contributed by atoms with Crippen LogP contribution in [0.1, 0.15) is 31.2 Å². The van der Waals surface area contributed by atoms with Crippen LogP contribution in [0.25, 0.3) is 0 Å². The van der Waals surface area contributed by atoms with Gasteiger partial charge in [-0.2, -0.15) is 5.26 Å². The number of hydrogen-bond acceptors (Lipinski definition) is 4. The lowest BCUT2D eigenvalue weighted by atomic mass is 10.2. The summed E-state index contributed by atoms with van der Waals surface area (Å²) in [5.41, 5.74) is 0.642. The summed E-state index contributed by atoms with van der Waals surface area (Å²) in [6.45, 7) is 1.10. The molecule has 0 spiro atoms. The van der Waals surface area contributed by atoms with Gasteiger partial charge in [0.15, 0.2) is 0 Å². The average molecular weight is 231 g/mol. The standard InChI is InChI=1S/C13H17N3O/c14-10-11-4-3-7-15-13(11)16(12-5-6-12)8-1-2-9-17/h3-4,7,12,17H,1-2,5-6,8-9H2. The van der Waals surface area contributed by atoms with Crippen molar-refractivity contribution < 1.29 is 5.11 Å². The van der Waals surface area contributed by atoms with Crippen molar-refractivity contribution in [2.75, 3.05) is 18.1 Å². The van der Waals surface area contributed by atoms with E-state index in [1.807, 2.05) is 6.07 Å². The molecule has 2 rings (SSSR count). The van der Waals surface area contributed by atoms with E-state index in [-0.39, 0.29) is 6.61 Å². The molecule has 1 aliphatic rings. The summed E-state index contributed by atoms with van der Waals surface area (Å²) < 4.78 is 0. The predicted octanol–water partition coefficient (Wildman–Crippen LogP) is 1.69. The Kier molecular flexibility index (Phi) is 3.94. The van der Waals surface area contributed by atoms with Crippen LogP contribution in [0.15, 0.2) is 18.3 Å². The van der Waals surface area contributed by atoms with Gasteiger partial charge in [0.25, 0.3) is 0 Å². The Morgan fingerprint density at radius 1 is 1.47 bits per heavy atom. The van der Waals surface area contributed by atoms with Crippen molar-refractivity contribution >= 4 is 5.82 Å². The molecule has 17 heavy (non-hydrogen) atoms. The molecular weight excluding hydrogens is 214 g/mol. The Labute approximate surface area is 102 Å². The van der Waals surface area contributed by atoms with E-state index >= 15 is 0 Å². The average Bonchev–Trinajstić information content (AvgIpc) is 3.19. The first-order valence-electron chi connectivity index (χ1n) is 6.09. The molecule has 1 aromatic rings. The highest BCUT2D eigenvalue weighted by Gasteiger charge is 2.30. The number of aromatic nitrogens is 1. The molecule has 0 aliphatic heterocycles. The van der Waals surface area contributed by atoms with Gasteiger partial charge in [-0.25, -0.2) is 4.98 Å². The van der Waals surface area contributed by atoms with Crippen LogP contribution in [0.2, 0.25) is 0 Å². The van der Waals surface area contributed by atoms with Crippen molar-refractivity contribution in [3.8, 4) is 6.07 Å². The molecule has 4 nitrogen and oxygen atoms in total. The predicted molar refractivity (Wildman–Crippen MR) is 65.6 cm³/mol. The normalized spacial score (nSPS) is 14.4. The van der Waals surface area contributed by atoms with Gasteiger partial charge in [0, 0.05) is 25.4 Å². The molecule has 0 radical (unpaired) electrons. The van der Waals surface area contributed by atoms with Gasteiger partial charge < -0.3 is 10.0 Å². The number of aliphatic hydroxyl groups is 1. The van der Waals surface area contributed by atoms with Crippen LogP contribution < -0.4 is 4.90 Å². The van der Waals surface area contributed by atoms with Gasteiger partial charge in [0.2, 0.25) is 0 Å². The fourth-order valence-corrected chi connectivity index (χ4v) is 1.95. The van der Waals surface area contributed by atoms with Gasteiger partial charge in [-0.15, -0.1) is 0 Å². The maximum atomic E-state index is 9.08. The Morgan fingerprint density at radius 2 is 2.29 bits per heavy atom. The first-order chi connectivity index (χ1) is 8.36. The maximum Gasteiger partial charge on any atom is 0.146 e. The third kappa shape index (κ3) is 2.95. The van der Waals surface area contributed by atoms with Crippen LogP contribution >= 0.6 is 0 Å². The second-order valence-corrected chi connectivity index (χ2v) is 4.34. The molecule has 1 aliphatic carbocycles. The van der Waals surface area contributed by atoms with E-state index < -0.39 is 0 Å². The Bertz CT molecular complexity index is 409. The fraction of sp³-hybridized carbons (Fsp3) is 0.538. The summed E-state index contributed by atoms with van der Waals surface area (Å²) in [5.74, 6) is 0.801. The van der Waals surface area contributed by atoms with Gasteiger partial charge in [-0.1, -0.05) is 0 Å². The molecule has 0 aromatic carbocycles. The smallest absolute Gasteiger partial charge is 0.146 e. The van der Waals surface area contributed by atoms with Crippen molar-refractivity contribution in [2.24, 2.45) is 0 Å². The SMILES string of the molecule is N#Cc1cccnc1N(CCCCO)C1CC1. The molecule has 1 heterocycles. The molecule has 1 saturated carbocycles. The van der Waals surface area contributed by atoms with E-state index in [4.69, 9.17) is 10.4 Å². The van der Waals surface area contributed by atoms with Crippen molar-refractivity contribution in [1.29, 1.82) is 5.26 Å². The van der Waals surface area contributed by atoms with Gasteiger partial charge in [0.05, 0.1) is 5.56 Å². The number of unbranched alkanes of at least 4 members (excludes halogenated alkanes) is 1. The van der Waals surface area contributed by atoms with E-state index in [0.717, 1.165) is 25.2 Å². The third-order valence-corrected chi connectivity index (χ3v) is 2.97. The molecule has 4 heteroatoms. The molecular formula is C13H17N3O. The van der Waals surface area contributed by atoms with Crippen LogP contribution in [-0.4, -0.2) is 29.3 Å². The van der Waals surface area contributed by atoms with E-state index in [1.165, 1.54) is 12.8 Å². The zero-order valence-corrected chi connectivity index (χ0v) is 9.84. The molecule has 90 valence electrons. The van der Waals surface area contributed by atoms with E-state index in [2.05, 4.69) is 16.0 Å². The number of nitriles is 1. The molecule has 0 saturated heterocycles. The minimum Gasteiger partial charge on any atom is -0.396 e. The molecule has 0 bridgehead atoms. The summed E-state index contributed by atoms with van der Waals surface area (Å²) in [5, 5.41) is 17.9. The third-order valence-electron chi connectivity index (χ3n) is 2.97. The van der Waals surface area contributed by atoms with Crippen molar-refractivity contribution in [3.05, 3.63) is 23.9 Å². The van der Waals surface area contributed by atoms with Crippen molar-refractivity contribution in [1.82, 2.24) is 4.98 Å². The van der Waals surface area contributed by atoms with Crippen LogP contribution in [0.4, 0.5) is 5.82 Å². The summed E-state index contributed by atoms with van der Waals surface area (Å²) in [6, 6.07) is 6.34. The number of pyridine rings is 1. The lowest BCUT2D eigenvalue weighted by Gasteiger charge is -2.24. The highest BCUT2D eigenvalue weighted by molar-refractivity contribution is 5.54. The molecule has 0 unspecified atom stereocenters. The second kappa shape index (κ2) is 5.65. The van der Waals surface area contributed by atoms with E-state index in [1.54, 1.807) is 12.3 Å². The Hall–Kier alpha value is -1.60. The van der Waals surface area contributed by atoms with E-state index in [0.29, 0.717) is 11.6 Å². The number of rotatable bonds is 6. The van der Waals surface area contributed by atoms with Crippen LogP contribution in [-0.2, 0) is 0 Å². The van der Waals surface area contributed by atoms with Crippen molar-refractivity contribution in [2.45, 2.75) is 31.7 Å². The monoisotopic (exact) mass is 231 g/mol. The zero-order chi connectivity index (χ0) is 12.1. The number of hydrogen-bond donors (Lipinski definition) is 1. The lowest BCUT2D eigenvalue weighted by Crippen LogP contribution is -2.28.